The van der Waals surface area contributed by atoms with Gasteiger partial charge in [0.2, 0.25) is 0 Å². The molecule has 1 spiro atoms. The number of halogens is 2. The molecule has 1 saturated carbocycles. The van der Waals surface area contributed by atoms with Crippen LogP contribution >= 0.6 is 11.6 Å². The molecule has 1 amide bonds. The Morgan fingerprint density at radius 2 is 1.78 bits per heavy atom. The van der Waals surface area contributed by atoms with E-state index in [1.807, 2.05) is 13.0 Å². The second-order valence-corrected chi connectivity index (χ2v) is 7.95. The molecule has 0 radical (unpaired) electrons. The van der Waals surface area contributed by atoms with Crippen LogP contribution in [0.15, 0.2) is 42.2 Å². The minimum Gasteiger partial charge on any atom is -0.511 e. The molecule has 0 atom stereocenters. The van der Waals surface area contributed by atoms with Crippen molar-refractivity contribution >= 4 is 23.1 Å². The second-order valence-electron chi connectivity index (χ2n) is 7.54. The number of carbonyl (C=O) groups excluding carboxylic acids is 1. The zero-order chi connectivity index (χ0) is 19.2. The third-order valence-electron chi connectivity index (χ3n) is 5.78. The smallest absolute Gasteiger partial charge is 0.255 e. The summed E-state index contributed by atoms with van der Waals surface area (Å²) in [6, 6.07) is 9.76. The van der Waals surface area contributed by atoms with E-state index in [1.54, 1.807) is 18.2 Å². The first kappa shape index (κ1) is 18.1. The van der Waals surface area contributed by atoms with E-state index in [-0.39, 0.29) is 28.6 Å². The SMILES string of the molecule is Cc1c(-c2ccc(F)cc2)ccc(Cl)c1C1=C(O)CC2(CCCC2)NC1=O. The van der Waals surface area contributed by atoms with Gasteiger partial charge in [-0.05, 0) is 54.7 Å². The Balaban J connectivity index is 1.83. The van der Waals surface area contributed by atoms with E-state index in [9.17, 15) is 14.3 Å². The fourth-order valence-electron chi connectivity index (χ4n) is 4.43. The largest absolute Gasteiger partial charge is 0.511 e. The molecular weight excluding hydrogens is 365 g/mol. The van der Waals surface area contributed by atoms with Gasteiger partial charge in [0.25, 0.3) is 5.91 Å². The summed E-state index contributed by atoms with van der Waals surface area (Å²) in [5.74, 6) is -0.483. The van der Waals surface area contributed by atoms with Crippen molar-refractivity contribution in [3.63, 3.8) is 0 Å². The Morgan fingerprint density at radius 1 is 1.11 bits per heavy atom. The lowest BCUT2D eigenvalue weighted by molar-refractivity contribution is -0.118. The van der Waals surface area contributed by atoms with Gasteiger partial charge in [-0.2, -0.15) is 0 Å². The van der Waals surface area contributed by atoms with Gasteiger partial charge in [0.15, 0.2) is 0 Å². The molecule has 0 unspecified atom stereocenters. The molecule has 3 nitrogen and oxygen atoms in total. The Kier molecular flexibility index (Phi) is 4.47. The maximum atomic E-state index is 13.3. The minimum atomic E-state index is -0.320. The molecule has 2 aliphatic rings. The van der Waals surface area contributed by atoms with Crippen molar-refractivity contribution in [1.82, 2.24) is 5.32 Å². The van der Waals surface area contributed by atoms with E-state index in [0.717, 1.165) is 42.4 Å². The molecule has 4 rings (SSSR count). The number of aliphatic hydroxyl groups excluding tert-OH is 1. The molecule has 0 bridgehead atoms. The Bertz CT molecular complexity index is 944. The van der Waals surface area contributed by atoms with Gasteiger partial charge in [-0.3, -0.25) is 4.79 Å². The number of amides is 1. The van der Waals surface area contributed by atoms with E-state index in [1.165, 1.54) is 12.1 Å². The number of nitrogens with one attached hydrogen (secondary N) is 1. The molecule has 1 fully saturated rings. The van der Waals surface area contributed by atoms with Crippen LogP contribution in [-0.4, -0.2) is 16.6 Å². The summed E-state index contributed by atoms with van der Waals surface area (Å²) in [6.45, 7) is 1.87. The van der Waals surface area contributed by atoms with E-state index in [0.29, 0.717) is 17.0 Å². The molecule has 2 aromatic rings. The van der Waals surface area contributed by atoms with Gasteiger partial charge in [0.05, 0.1) is 5.57 Å². The Hall–Kier alpha value is -2.33. The molecule has 2 N–H and O–H groups in total. The van der Waals surface area contributed by atoms with Crippen LogP contribution in [0.25, 0.3) is 16.7 Å². The topological polar surface area (TPSA) is 49.3 Å². The summed E-state index contributed by atoms with van der Waals surface area (Å²) in [4.78, 5) is 12.9. The monoisotopic (exact) mass is 385 g/mol. The van der Waals surface area contributed by atoms with Crippen LogP contribution in [0, 0.1) is 12.7 Å². The first-order valence-corrected chi connectivity index (χ1v) is 9.58. The van der Waals surface area contributed by atoms with Crippen LogP contribution in [0.3, 0.4) is 0 Å². The molecule has 27 heavy (non-hydrogen) atoms. The zero-order valence-electron chi connectivity index (χ0n) is 15.1. The lowest BCUT2D eigenvalue weighted by Crippen LogP contribution is -2.50. The summed E-state index contributed by atoms with van der Waals surface area (Å²) in [6.07, 6.45) is 4.33. The molecule has 140 valence electrons. The third kappa shape index (κ3) is 3.12. The number of rotatable bonds is 2. The van der Waals surface area contributed by atoms with Gasteiger partial charge in [0.1, 0.15) is 11.6 Å². The van der Waals surface area contributed by atoms with Crippen molar-refractivity contribution in [2.75, 3.05) is 0 Å². The van der Waals surface area contributed by atoms with Crippen LogP contribution in [0.2, 0.25) is 5.02 Å². The Labute approximate surface area is 162 Å². The van der Waals surface area contributed by atoms with E-state index in [2.05, 4.69) is 5.32 Å². The highest BCUT2D eigenvalue weighted by molar-refractivity contribution is 6.35. The fraction of sp³-hybridized carbons (Fsp3) is 0.318. The number of hydrogen-bond acceptors (Lipinski definition) is 2. The fourth-order valence-corrected chi connectivity index (χ4v) is 4.73. The number of carbonyl (C=O) groups is 1. The number of benzene rings is 2. The quantitative estimate of drug-likeness (QED) is 0.711. The molecule has 5 heteroatoms. The lowest BCUT2D eigenvalue weighted by Gasteiger charge is -2.35. The van der Waals surface area contributed by atoms with E-state index in [4.69, 9.17) is 11.6 Å². The average molecular weight is 386 g/mol. The van der Waals surface area contributed by atoms with Gasteiger partial charge in [0, 0.05) is 22.5 Å². The summed E-state index contributed by atoms with van der Waals surface area (Å²) in [5, 5.41) is 14.3. The van der Waals surface area contributed by atoms with Gasteiger partial charge in [-0.15, -0.1) is 0 Å². The van der Waals surface area contributed by atoms with Crippen molar-refractivity contribution in [3.8, 4) is 11.1 Å². The molecule has 1 heterocycles. The normalized spacial score (nSPS) is 18.9. The van der Waals surface area contributed by atoms with Gasteiger partial charge in [-0.1, -0.05) is 42.6 Å². The minimum absolute atomic E-state index is 0.0990. The maximum absolute atomic E-state index is 13.3. The number of aliphatic hydroxyl groups is 1. The van der Waals surface area contributed by atoms with Crippen LogP contribution in [0.5, 0.6) is 0 Å². The maximum Gasteiger partial charge on any atom is 0.255 e. The summed E-state index contributed by atoms with van der Waals surface area (Å²) < 4.78 is 13.3. The van der Waals surface area contributed by atoms with Crippen molar-refractivity contribution in [3.05, 3.63) is 64.1 Å². The molecule has 2 aromatic carbocycles. The van der Waals surface area contributed by atoms with Gasteiger partial charge >= 0.3 is 0 Å². The van der Waals surface area contributed by atoms with Crippen LogP contribution in [-0.2, 0) is 4.79 Å². The number of hydrogen-bond donors (Lipinski definition) is 2. The average Bonchev–Trinajstić information content (AvgIpc) is 3.05. The van der Waals surface area contributed by atoms with Gasteiger partial charge in [-0.25, -0.2) is 4.39 Å². The van der Waals surface area contributed by atoms with Crippen molar-refractivity contribution in [1.29, 1.82) is 0 Å². The zero-order valence-corrected chi connectivity index (χ0v) is 15.9. The highest BCUT2D eigenvalue weighted by Crippen LogP contribution is 2.43. The van der Waals surface area contributed by atoms with Crippen LogP contribution in [0.4, 0.5) is 4.39 Å². The highest BCUT2D eigenvalue weighted by Gasteiger charge is 2.42. The first-order valence-electron chi connectivity index (χ1n) is 9.20. The van der Waals surface area contributed by atoms with Crippen molar-refractivity contribution in [2.24, 2.45) is 0 Å². The highest BCUT2D eigenvalue weighted by atomic mass is 35.5. The molecule has 0 aromatic heterocycles. The summed E-state index contributed by atoms with van der Waals surface area (Å²) >= 11 is 6.44. The molecule has 1 aliphatic heterocycles. The van der Waals surface area contributed by atoms with Crippen molar-refractivity contribution in [2.45, 2.75) is 44.6 Å². The molecular formula is C22H21ClFNO2. The second kappa shape index (κ2) is 6.68. The van der Waals surface area contributed by atoms with Gasteiger partial charge < -0.3 is 10.4 Å². The third-order valence-corrected chi connectivity index (χ3v) is 6.10. The van der Waals surface area contributed by atoms with E-state index >= 15 is 0 Å². The standard InChI is InChI=1S/C22H21ClFNO2/c1-13-16(14-4-6-15(24)7-5-14)8-9-17(23)19(13)20-18(26)12-22(25-21(20)27)10-2-3-11-22/h4-9,26H,2-3,10-12H2,1H3,(H,25,27). The predicted octanol–water partition coefficient (Wildman–Crippen LogP) is 5.56. The Morgan fingerprint density at radius 3 is 2.41 bits per heavy atom. The van der Waals surface area contributed by atoms with Crippen molar-refractivity contribution < 1.29 is 14.3 Å². The predicted molar refractivity (Wildman–Crippen MR) is 105 cm³/mol. The first-order chi connectivity index (χ1) is 12.9. The molecule has 1 aliphatic carbocycles. The van der Waals surface area contributed by atoms with Crippen LogP contribution < -0.4 is 5.32 Å². The van der Waals surface area contributed by atoms with Crippen LogP contribution in [0.1, 0.15) is 43.2 Å². The molecule has 0 saturated heterocycles. The summed E-state index contributed by atoms with van der Waals surface area (Å²) in [7, 11) is 0. The van der Waals surface area contributed by atoms with E-state index < -0.39 is 0 Å². The summed E-state index contributed by atoms with van der Waals surface area (Å²) in [5.41, 5.74) is 2.94. The lowest BCUT2D eigenvalue weighted by atomic mass is 9.83.